The zero-order valence-corrected chi connectivity index (χ0v) is 16.8. The average Bonchev–Trinajstić information content (AvgIpc) is 3.43. The normalized spacial score (nSPS) is 18.0. The van der Waals surface area contributed by atoms with Gasteiger partial charge in [-0.15, -0.1) is 0 Å². The van der Waals surface area contributed by atoms with Gasteiger partial charge in [-0.25, -0.2) is 4.79 Å². The zero-order valence-electron chi connectivity index (χ0n) is 16.8. The van der Waals surface area contributed by atoms with E-state index in [-0.39, 0.29) is 12.1 Å². The molecule has 4 nitrogen and oxygen atoms in total. The van der Waals surface area contributed by atoms with Crippen molar-refractivity contribution in [1.29, 1.82) is 0 Å². The van der Waals surface area contributed by atoms with E-state index in [9.17, 15) is 4.79 Å². The Kier molecular flexibility index (Phi) is 5.96. The van der Waals surface area contributed by atoms with Gasteiger partial charge in [-0.3, -0.25) is 4.90 Å². The molecule has 28 heavy (non-hydrogen) atoms. The van der Waals surface area contributed by atoms with E-state index in [1.807, 2.05) is 0 Å². The van der Waals surface area contributed by atoms with Crippen molar-refractivity contribution >= 4 is 6.03 Å². The van der Waals surface area contributed by atoms with Gasteiger partial charge in [0.05, 0.1) is 6.04 Å². The van der Waals surface area contributed by atoms with E-state index in [0.29, 0.717) is 12.5 Å². The molecule has 2 aliphatic rings. The van der Waals surface area contributed by atoms with Crippen LogP contribution in [0.4, 0.5) is 4.79 Å². The Bertz CT molecular complexity index is 775. The number of hydrogen-bond donors (Lipinski definition) is 2. The van der Waals surface area contributed by atoms with Crippen molar-refractivity contribution in [3.8, 4) is 0 Å². The number of nitrogens with one attached hydrogen (secondary N) is 2. The third-order valence-corrected chi connectivity index (χ3v) is 5.90. The summed E-state index contributed by atoms with van der Waals surface area (Å²) >= 11 is 0. The van der Waals surface area contributed by atoms with Gasteiger partial charge in [0.25, 0.3) is 0 Å². The maximum atomic E-state index is 12.5. The SMILES string of the molecule is Cc1ccc([C@H](NC(=O)NCc2ccc(CN3CCCC3)cc2)C2CC2)cc1. The first kappa shape index (κ1) is 19.0. The summed E-state index contributed by atoms with van der Waals surface area (Å²) in [4.78, 5) is 15.0. The van der Waals surface area contributed by atoms with E-state index in [2.05, 4.69) is 71.0 Å². The summed E-state index contributed by atoms with van der Waals surface area (Å²) in [5, 5.41) is 6.21. The van der Waals surface area contributed by atoms with Crippen LogP contribution in [0.5, 0.6) is 0 Å². The van der Waals surface area contributed by atoms with Gasteiger partial charge >= 0.3 is 6.03 Å². The highest BCUT2D eigenvalue weighted by molar-refractivity contribution is 5.74. The highest BCUT2D eigenvalue weighted by Gasteiger charge is 2.33. The number of amides is 2. The number of likely N-dealkylation sites (tertiary alicyclic amines) is 1. The fourth-order valence-electron chi connectivity index (χ4n) is 4.01. The minimum atomic E-state index is -0.0846. The number of urea groups is 1. The number of carbonyl (C=O) groups excluding carboxylic acids is 1. The summed E-state index contributed by atoms with van der Waals surface area (Å²) in [5.41, 5.74) is 4.94. The van der Waals surface area contributed by atoms with Crippen molar-refractivity contribution in [2.45, 2.75) is 51.7 Å². The number of nitrogens with zero attached hydrogens (tertiary/aromatic N) is 1. The Hall–Kier alpha value is -2.33. The summed E-state index contributed by atoms with van der Waals surface area (Å²) in [6, 6.07) is 17.2. The first-order valence-electron chi connectivity index (χ1n) is 10.6. The van der Waals surface area contributed by atoms with E-state index in [0.717, 1.165) is 12.1 Å². The van der Waals surface area contributed by atoms with Crippen LogP contribution < -0.4 is 10.6 Å². The Balaban J connectivity index is 1.28. The Morgan fingerprint density at radius 1 is 1.00 bits per heavy atom. The van der Waals surface area contributed by atoms with E-state index in [1.54, 1.807) is 0 Å². The van der Waals surface area contributed by atoms with Crippen molar-refractivity contribution in [1.82, 2.24) is 15.5 Å². The molecule has 1 atom stereocenters. The minimum Gasteiger partial charge on any atom is -0.334 e. The minimum absolute atomic E-state index is 0.0846. The summed E-state index contributed by atoms with van der Waals surface area (Å²) < 4.78 is 0. The fourth-order valence-corrected chi connectivity index (χ4v) is 4.01. The van der Waals surface area contributed by atoms with E-state index in [4.69, 9.17) is 0 Å². The second-order valence-corrected chi connectivity index (χ2v) is 8.35. The predicted octanol–water partition coefficient (Wildman–Crippen LogP) is 4.54. The van der Waals surface area contributed by atoms with Gasteiger partial charge < -0.3 is 10.6 Å². The number of rotatable bonds is 7. The van der Waals surface area contributed by atoms with Gasteiger partial charge in [0.2, 0.25) is 0 Å². The van der Waals surface area contributed by atoms with Gasteiger partial charge in [0, 0.05) is 13.1 Å². The molecule has 1 saturated heterocycles. The molecule has 0 aromatic heterocycles. The topological polar surface area (TPSA) is 44.4 Å². The standard InChI is InChI=1S/C24H31N3O/c1-18-4-10-21(11-5-18)23(22-12-13-22)26-24(28)25-16-19-6-8-20(9-7-19)17-27-14-2-3-15-27/h4-11,22-23H,2-3,12-17H2,1H3,(H2,25,26,28)/t23-/m0/s1. The van der Waals surface area contributed by atoms with Gasteiger partial charge in [-0.2, -0.15) is 0 Å². The van der Waals surface area contributed by atoms with Crippen LogP contribution >= 0.6 is 0 Å². The molecular weight excluding hydrogens is 346 g/mol. The molecule has 148 valence electrons. The lowest BCUT2D eigenvalue weighted by Crippen LogP contribution is -2.38. The molecule has 4 rings (SSSR count). The smallest absolute Gasteiger partial charge is 0.315 e. The lowest BCUT2D eigenvalue weighted by Gasteiger charge is -2.19. The van der Waals surface area contributed by atoms with Crippen molar-refractivity contribution in [2.75, 3.05) is 13.1 Å². The maximum absolute atomic E-state index is 12.5. The van der Waals surface area contributed by atoms with Crippen molar-refractivity contribution in [3.05, 3.63) is 70.8 Å². The molecule has 1 heterocycles. The molecule has 4 heteroatoms. The second kappa shape index (κ2) is 8.78. The molecule has 0 unspecified atom stereocenters. The highest BCUT2D eigenvalue weighted by atomic mass is 16.2. The molecule has 0 radical (unpaired) electrons. The third-order valence-electron chi connectivity index (χ3n) is 5.90. The number of benzene rings is 2. The average molecular weight is 378 g/mol. The zero-order chi connectivity index (χ0) is 19.3. The molecule has 2 fully saturated rings. The summed E-state index contributed by atoms with van der Waals surface area (Å²) in [7, 11) is 0. The number of aryl methyl sites for hydroxylation is 1. The van der Waals surface area contributed by atoms with E-state index in [1.165, 1.54) is 55.5 Å². The molecular formula is C24H31N3O. The highest BCUT2D eigenvalue weighted by Crippen LogP contribution is 2.41. The van der Waals surface area contributed by atoms with Crippen molar-refractivity contribution in [3.63, 3.8) is 0 Å². The van der Waals surface area contributed by atoms with Crippen LogP contribution in [-0.2, 0) is 13.1 Å². The van der Waals surface area contributed by atoms with Gasteiger partial charge in [-0.05, 0) is 68.3 Å². The summed E-state index contributed by atoms with van der Waals surface area (Å²) in [5.74, 6) is 0.568. The van der Waals surface area contributed by atoms with Gasteiger partial charge in [-0.1, -0.05) is 54.1 Å². The quantitative estimate of drug-likeness (QED) is 0.744. The first-order chi connectivity index (χ1) is 13.7. The Morgan fingerprint density at radius 3 is 2.29 bits per heavy atom. The second-order valence-electron chi connectivity index (χ2n) is 8.35. The molecule has 2 N–H and O–H groups in total. The van der Waals surface area contributed by atoms with Crippen LogP contribution in [0.25, 0.3) is 0 Å². The summed E-state index contributed by atoms with van der Waals surface area (Å²) in [6.07, 6.45) is 5.03. The molecule has 2 aromatic rings. The summed E-state index contributed by atoms with van der Waals surface area (Å²) in [6.45, 7) is 6.11. The largest absolute Gasteiger partial charge is 0.334 e. The van der Waals surface area contributed by atoms with Crippen LogP contribution in [0.15, 0.2) is 48.5 Å². The van der Waals surface area contributed by atoms with Crippen LogP contribution in [0, 0.1) is 12.8 Å². The molecule has 0 bridgehead atoms. The number of carbonyl (C=O) groups is 1. The maximum Gasteiger partial charge on any atom is 0.315 e. The molecule has 2 aromatic carbocycles. The molecule has 0 spiro atoms. The van der Waals surface area contributed by atoms with Gasteiger partial charge in [0.15, 0.2) is 0 Å². The molecule has 1 aliphatic carbocycles. The molecule has 2 amide bonds. The van der Waals surface area contributed by atoms with E-state index >= 15 is 0 Å². The molecule has 1 aliphatic heterocycles. The lowest BCUT2D eigenvalue weighted by atomic mass is 10.0. The molecule has 1 saturated carbocycles. The van der Waals surface area contributed by atoms with Crippen LogP contribution in [0.3, 0.4) is 0 Å². The third kappa shape index (κ3) is 5.14. The Labute approximate surface area is 168 Å². The monoisotopic (exact) mass is 377 g/mol. The predicted molar refractivity (Wildman–Crippen MR) is 113 cm³/mol. The van der Waals surface area contributed by atoms with Crippen LogP contribution in [0.1, 0.15) is 54.0 Å². The van der Waals surface area contributed by atoms with Crippen LogP contribution in [-0.4, -0.2) is 24.0 Å². The van der Waals surface area contributed by atoms with Crippen molar-refractivity contribution < 1.29 is 4.79 Å². The van der Waals surface area contributed by atoms with Crippen LogP contribution in [0.2, 0.25) is 0 Å². The number of hydrogen-bond acceptors (Lipinski definition) is 2. The first-order valence-corrected chi connectivity index (χ1v) is 10.6. The Morgan fingerprint density at radius 2 is 1.64 bits per heavy atom. The van der Waals surface area contributed by atoms with E-state index < -0.39 is 0 Å². The lowest BCUT2D eigenvalue weighted by molar-refractivity contribution is 0.235. The fraction of sp³-hybridized carbons (Fsp3) is 0.458. The van der Waals surface area contributed by atoms with Crippen molar-refractivity contribution in [2.24, 2.45) is 5.92 Å². The van der Waals surface area contributed by atoms with Gasteiger partial charge in [0.1, 0.15) is 0 Å².